The highest BCUT2D eigenvalue weighted by Crippen LogP contribution is 2.27. The fourth-order valence-electron chi connectivity index (χ4n) is 2.21. The minimum absolute atomic E-state index is 0.107. The molecule has 18 heavy (non-hydrogen) atoms. The average Bonchev–Trinajstić information content (AvgIpc) is 2.38. The Labute approximate surface area is 118 Å². The lowest BCUT2D eigenvalue weighted by Gasteiger charge is -2.33. The molecule has 1 fully saturated rings. The van der Waals surface area contributed by atoms with Gasteiger partial charge in [-0.05, 0) is 31.0 Å². The number of nitrogens with zero attached hydrogens (tertiary/aromatic N) is 1. The van der Waals surface area contributed by atoms with Crippen LogP contribution >= 0.6 is 23.2 Å². The van der Waals surface area contributed by atoms with E-state index in [2.05, 4.69) is 0 Å². The number of alkyl halides is 1. The molecule has 0 N–H and O–H groups in total. The second kappa shape index (κ2) is 5.78. The number of rotatable bonds is 3. The second-order valence-corrected chi connectivity index (χ2v) is 7.01. The van der Waals surface area contributed by atoms with Crippen molar-refractivity contribution in [3.63, 3.8) is 0 Å². The lowest BCUT2D eigenvalue weighted by Crippen LogP contribution is -2.44. The predicted molar refractivity (Wildman–Crippen MR) is 73.7 cm³/mol. The van der Waals surface area contributed by atoms with E-state index < -0.39 is 10.0 Å². The standard InChI is InChI=1S/C12H15Cl2NO2S/c13-9-11-5-1-2-7-15(11)18(16,17)12-6-3-4-10(14)8-12/h3-4,6,8,11H,1-2,5,7,9H2. The molecule has 1 aliphatic rings. The first-order valence-electron chi connectivity index (χ1n) is 5.89. The zero-order chi connectivity index (χ0) is 13.2. The Morgan fingerprint density at radius 3 is 2.78 bits per heavy atom. The molecule has 0 saturated carbocycles. The summed E-state index contributed by atoms with van der Waals surface area (Å²) in [6.45, 7) is 0.534. The van der Waals surface area contributed by atoms with Gasteiger partial charge in [-0.1, -0.05) is 24.1 Å². The SMILES string of the molecule is O=S(=O)(c1cccc(Cl)c1)N1CCCCC1CCl. The quantitative estimate of drug-likeness (QED) is 0.805. The minimum atomic E-state index is -3.48. The van der Waals surface area contributed by atoms with E-state index in [1.54, 1.807) is 18.2 Å². The molecular weight excluding hydrogens is 293 g/mol. The number of piperidine rings is 1. The van der Waals surface area contributed by atoms with Crippen LogP contribution in [0.15, 0.2) is 29.2 Å². The summed E-state index contributed by atoms with van der Waals surface area (Å²) in [5.74, 6) is 0.333. The molecule has 1 saturated heterocycles. The fourth-order valence-corrected chi connectivity index (χ4v) is 4.60. The largest absolute Gasteiger partial charge is 0.243 e. The third-order valence-corrected chi connectivity index (χ3v) is 5.69. The van der Waals surface area contributed by atoms with Crippen molar-refractivity contribution >= 4 is 33.2 Å². The maximum Gasteiger partial charge on any atom is 0.243 e. The summed E-state index contributed by atoms with van der Waals surface area (Å²) in [6.07, 6.45) is 2.73. The number of hydrogen-bond acceptors (Lipinski definition) is 2. The van der Waals surface area contributed by atoms with Gasteiger partial charge in [-0.15, -0.1) is 11.6 Å². The van der Waals surface area contributed by atoms with Gasteiger partial charge in [-0.25, -0.2) is 8.42 Å². The van der Waals surface area contributed by atoms with Crippen molar-refractivity contribution in [2.24, 2.45) is 0 Å². The summed E-state index contributed by atoms with van der Waals surface area (Å²) in [4.78, 5) is 0.243. The van der Waals surface area contributed by atoms with Crippen molar-refractivity contribution in [1.29, 1.82) is 0 Å². The highest BCUT2D eigenvalue weighted by Gasteiger charge is 2.32. The Hall–Kier alpha value is -0.290. The molecule has 0 spiro atoms. The van der Waals surface area contributed by atoms with Crippen LogP contribution < -0.4 is 0 Å². The van der Waals surface area contributed by atoms with Crippen molar-refractivity contribution in [1.82, 2.24) is 4.31 Å². The van der Waals surface area contributed by atoms with E-state index in [9.17, 15) is 8.42 Å². The van der Waals surface area contributed by atoms with Gasteiger partial charge in [0.1, 0.15) is 0 Å². The van der Waals surface area contributed by atoms with Crippen LogP contribution in [0.25, 0.3) is 0 Å². The summed E-state index contributed by atoms with van der Waals surface area (Å²) in [6, 6.07) is 6.26. The molecule has 100 valence electrons. The predicted octanol–water partition coefficient (Wildman–Crippen LogP) is 3.12. The monoisotopic (exact) mass is 307 g/mol. The molecule has 0 aliphatic carbocycles. The van der Waals surface area contributed by atoms with E-state index in [0.717, 1.165) is 19.3 Å². The Morgan fingerprint density at radius 2 is 2.11 bits per heavy atom. The molecule has 1 atom stereocenters. The first-order chi connectivity index (χ1) is 8.55. The zero-order valence-corrected chi connectivity index (χ0v) is 12.2. The molecule has 0 bridgehead atoms. The van der Waals surface area contributed by atoms with Crippen LogP contribution in [-0.2, 0) is 10.0 Å². The molecule has 6 heteroatoms. The third kappa shape index (κ3) is 2.82. The minimum Gasteiger partial charge on any atom is -0.207 e. The van der Waals surface area contributed by atoms with Crippen molar-refractivity contribution in [2.75, 3.05) is 12.4 Å². The number of benzene rings is 1. The first kappa shape index (κ1) is 14.1. The van der Waals surface area contributed by atoms with Gasteiger partial charge in [0.15, 0.2) is 0 Å². The van der Waals surface area contributed by atoms with Crippen molar-refractivity contribution in [3.05, 3.63) is 29.3 Å². The van der Waals surface area contributed by atoms with E-state index in [1.165, 1.54) is 10.4 Å². The summed E-state index contributed by atoms with van der Waals surface area (Å²) in [5.41, 5.74) is 0. The number of halogens is 2. The van der Waals surface area contributed by atoms with Gasteiger partial charge >= 0.3 is 0 Å². The van der Waals surface area contributed by atoms with E-state index in [-0.39, 0.29) is 10.9 Å². The molecule has 2 rings (SSSR count). The van der Waals surface area contributed by atoms with Gasteiger partial charge in [-0.3, -0.25) is 0 Å². The van der Waals surface area contributed by atoms with E-state index in [1.807, 2.05) is 0 Å². The van der Waals surface area contributed by atoms with Crippen molar-refractivity contribution in [3.8, 4) is 0 Å². The highest BCUT2D eigenvalue weighted by atomic mass is 35.5. The fraction of sp³-hybridized carbons (Fsp3) is 0.500. The summed E-state index contributed by atoms with van der Waals surface area (Å²) < 4.78 is 26.5. The highest BCUT2D eigenvalue weighted by molar-refractivity contribution is 7.89. The Kier molecular flexibility index (Phi) is 4.54. The third-order valence-electron chi connectivity index (χ3n) is 3.15. The molecule has 0 radical (unpaired) electrons. The summed E-state index contributed by atoms with van der Waals surface area (Å²) in [5, 5.41) is 0.426. The van der Waals surface area contributed by atoms with Crippen LogP contribution in [-0.4, -0.2) is 31.2 Å². The molecule has 1 heterocycles. The van der Waals surface area contributed by atoms with Crippen LogP contribution in [0.5, 0.6) is 0 Å². The topological polar surface area (TPSA) is 37.4 Å². The molecule has 0 aromatic heterocycles. The van der Waals surface area contributed by atoms with Crippen LogP contribution in [0, 0.1) is 0 Å². The normalized spacial score (nSPS) is 22.0. The van der Waals surface area contributed by atoms with Gasteiger partial charge in [0, 0.05) is 23.5 Å². The summed E-state index contributed by atoms with van der Waals surface area (Å²) >= 11 is 11.7. The number of hydrogen-bond donors (Lipinski definition) is 0. The lowest BCUT2D eigenvalue weighted by molar-refractivity contribution is 0.271. The summed E-state index contributed by atoms with van der Waals surface area (Å²) in [7, 11) is -3.48. The molecule has 1 aromatic rings. The van der Waals surface area contributed by atoms with Gasteiger partial charge in [0.25, 0.3) is 0 Å². The van der Waals surface area contributed by atoms with Gasteiger partial charge < -0.3 is 0 Å². The Bertz CT molecular complexity index is 519. The molecule has 1 aliphatic heterocycles. The molecule has 0 amide bonds. The molecular formula is C12H15Cl2NO2S. The van der Waals surface area contributed by atoms with Gasteiger partial charge in [0.05, 0.1) is 4.90 Å². The number of sulfonamides is 1. The van der Waals surface area contributed by atoms with E-state index in [0.29, 0.717) is 17.4 Å². The van der Waals surface area contributed by atoms with E-state index >= 15 is 0 Å². The molecule has 1 aromatic carbocycles. The van der Waals surface area contributed by atoms with Crippen LogP contribution in [0.3, 0.4) is 0 Å². The van der Waals surface area contributed by atoms with Crippen LogP contribution in [0.4, 0.5) is 0 Å². The maximum atomic E-state index is 12.5. The van der Waals surface area contributed by atoms with E-state index in [4.69, 9.17) is 23.2 Å². The Morgan fingerprint density at radius 1 is 1.33 bits per heavy atom. The van der Waals surface area contributed by atoms with Gasteiger partial charge in [0.2, 0.25) is 10.0 Å². The maximum absolute atomic E-state index is 12.5. The van der Waals surface area contributed by atoms with Crippen LogP contribution in [0.1, 0.15) is 19.3 Å². The Balaban J connectivity index is 2.35. The average molecular weight is 308 g/mol. The zero-order valence-electron chi connectivity index (χ0n) is 9.85. The van der Waals surface area contributed by atoms with Crippen LogP contribution in [0.2, 0.25) is 5.02 Å². The van der Waals surface area contributed by atoms with Gasteiger partial charge in [-0.2, -0.15) is 4.31 Å². The van der Waals surface area contributed by atoms with Crippen molar-refractivity contribution in [2.45, 2.75) is 30.2 Å². The smallest absolute Gasteiger partial charge is 0.207 e. The molecule has 3 nitrogen and oxygen atoms in total. The van der Waals surface area contributed by atoms with Crippen molar-refractivity contribution < 1.29 is 8.42 Å². The lowest BCUT2D eigenvalue weighted by atomic mass is 10.1. The molecule has 1 unspecified atom stereocenters. The first-order valence-corrected chi connectivity index (χ1v) is 8.24. The second-order valence-electron chi connectivity index (χ2n) is 4.38.